The molecule has 0 saturated heterocycles. The molecule has 3 nitrogen and oxygen atoms in total. The topological polar surface area (TPSA) is 57.5 Å². The summed E-state index contributed by atoms with van der Waals surface area (Å²) in [5, 5.41) is 18.3. The van der Waals surface area contributed by atoms with Crippen LogP contribution in [0.5, 0.6) is 0 Å². The molecule has 0 heterocycles. The molecule has 0 amide bonds. The van der Waals surface area contributed by atoms with Crippen molar-refractivity contribution in [1.29, 1.82) is 0 Å². The van der Waals surface area contributed by atoms with Gasteiger partial charge in [-0.05, 0) is 36.0 Å². The Morgan fingerprint density at radius 1 is 1.35 bits per heavy atom. The number of carbonyl (C=O) groups is 1. The summed E-state index contributed by atoms with van der Waals surface area (Å²) in [4.78, 5) is 10.8. The first-order chi connectivity index (χ1) is 8.08. The van der Waals surface area contributed by atoms with Gasteiger partial charge in [0.1, 0.15) is 0 Å². The van der Waals surface area contributed by atoms with Crippen molar-refractivity contribution in [1.82, 2.24) is 0 Å². The highest BCUT2D eigenvalue weighted by molar-refractivity contribution is 6.17. The molecule has 1 unspecified atom stereocenters. The maximum atomic E-state index is 10.8. The number of aliphatic hydroxyl groups excluding tert-OH is 1. The zero-order valence-electron chi connectivity index (χ0n) is 9.82. The molecule has 0 aliphatic rings. The van der Waals surface area contributed by atoms with E-state index in [9.17, 15) is 9.90 Å². The van der Waals surface area contributed by atoms with Gasteiger partial charge in [0.05, 0.1) is 0 Å². The SMILES string of the molecule is CCc1cc(CCCCl)cc(C(O)C(=O)O)c1. The first-order valence-corrected chi connectivity index (χ1v) is 6.21. The van der Waals surface area contributed by atoms with Crippen molar-refractivity contribution < 1.29 is 15.0 Å². The van der Waals surface area contributed by atoms with E-state index >= 15 is 0 Å². The number of aryl methyl sites for hydroxylation is 2. The van der Waals surface area contributed by atoms with Crippen LogP contribution in [-0.2, 0) is 17.6 Å². The zero-order chi connectivity index (χ0) is 12.8. The Morgan fingerprint density at radius 3 is 2.53 bits per heavy atom. The van der Waals surface area contributed by atoms with Crippen molar-refractivity contribution in [2.24, 2.45) is 0 Å². The molecule has 17 heavy (non-hydrogen) atoms. The Kier molecular flexibility index (Phi) is 5.45. The fourth-order valence-electron chi connectivity index (χ4n) is 1.71. The van der Waals surface area contributed by atoms with Crippen LogP contribution in [0.25, 0.3) is 0 Å². The summed E-state index contributed by atoms with van der Waals surface area (Å²) >= 11 is 5.63. The maximum Gasteiger partial charge on any atom is 0.337 e. The molecule has 1 atom stereocenters. The van der Waals surface area contributed by atoms with Crippen molar-refractivity contribution in [3.8, 4) is 0 Å². The molecule has 1 aromatic rings. The number of benzene rings is 1. The van der Waals surface area contributed by atoms with E-state index < -0.39 is 12.1 Å². The molecule has 0 aliphatic heterocycles. The smallest absolute Gasteiger partial charge is 0.337 e. The van der Waals surface area contributed by atoms with E-state index in [-0.39, 0.29) is 0 Å². The summed E-state index contributed by atoms with van der Waals surface area (Å²) in [6, 6.07) is 5.51. The van der Waals surface area contributed by atoms with E-state index in [1.54, 1.807) is 12.1 Å². The number of carboxylic acid groups (broad SMARTS) is 1. The summed E-state index contributed by atoms with van der Waals surface area (Å²) in [5.74, 6) is -0.644. The van der Waals surface area contributed by atoms with Gasteiger partial charge in [-0.15, -0.1) is 11.6 Å². The van der Waals surface area contributed by atoms with Crippen LogP contribution < -0.4 is 0 Å². The molecule has 0 aromatic heterocycles. The Morgan fingerprint density at radius 2 is 2.00 bits per heavy atom. The lowest BCUT2D eigenvalue weighted by molar-refractivity contribution is -0.146. The molecule has 1 aromatic carbocycles. The lowest BCUT2D eigenvalue weighted by atomic mass is 9.98. The largest absolute Gasteiger partial charge is 0.479 e. The van der Waals surface area contributed by atoms with E-state index in [0.29, 0.717) is 11.4 Å². The highest BCUT2D eigenvalue weighted by Crippen LogP contribution is 2.19. The fraction of sp³-hybridized carbons (Fsp3) is 0.462. The number of aliphatic carboxylic acids is 1. The predicted octanol–water partition coefficient (Wildman–Crippen LogP) is 2.54. The second kappa shape index (κ2) is 6.62. The van der Waals surface area contributed by atoms with Gasteiger partial charge in [0.15, 0.2) is 6.10 Å². The van der Waals surface area contributed by atoms with E-state index in [1.807, 2.05) is 13.0 Å². The third-order valence-corrected chi connectivity index (χ3v) is 2.90. The number of rotatable bonds is 6. The average Bonchev–Trinajstić information content (AvgIpc) is 2.34. The van der Waals surface area contributed by atoms with Gasteiger partial charge >= 0.3 is 5.97 Å². The Labute approximate surface area is 106 Å². The van der Waals surface area contributed by atoms with Gasteiger partial charge in [-0.3, -0.25) is 0 Å². The molecule has 1 rings (SSSR count). The van der Waals surface area contributed by atoms with Crippen LogP contribution in [0.15, 0.2) is 18.2 Å². The van der Waals surface area contributed by atoms with E-state index in [0.717, 1.165) is 30.4 Å². The molecule has 0 bridgehead atoms. The molecule has 0 fully saturated rings. The minimum Gasteiger partial charge on any atom is -0.479 e. The summed E-state index contributed by atoms with van der Waals surface area (Å²) in [6.45, 7) is 2.00. The third-order valence-electron chi connectivity index (χ3n) is 2.63. The Hall–Kier alpha value is -1.06. The Bertz CT molecular complexity index is 390. The molecule has 0 aliphatic carbocycles. The van der Waals surface area contributed by atoms with E-state index in [4.69, 9.17) is 16.7 Å². The van der Waals surface area contributed by atoms with Gasteiger partial charge in [0.25, 0.3) is 0 Å². The first kappa shape index (κ1) is 14.0. The molecule has 0 saturated carbocycles. The lowest BCUT2D eigenvalue weighted by Gasteiger charge is -2.11. The second-order valence-electron chi connectivity index (χ2n) is 3.97. The van der Waals surface area contributed by atoms with Crippen LogP contribution >= 0.6 is 11.6 Å². The van der Waals surface area contributed by atoms with Gasteiger partial charge in [-0.25, -0.2) is 4.79 Å². The molecule has 2 N–H and O–H groups in total. The van der Waals surface area contributed by atoms with Crippen molar-refractivity contribution in [2.75, 3.05) is 5.88 Å². The normalized spacial score (nSPS) is 12.4. The number of hydrogen-bond acceptors (Lipinski definition) is 2. The zero-order valence-corrected chi connectivity index (χ0v) is 10.6. The molecule has 4 heteroatoms. The second-order valence-corrected chi connectivity index (χ2v) is 4.35. The standard InChI is InChI=1S/C13H17ClO3/c1-2-9-6-10(4-3-5-14)8-11(7-9)12(15)13(16)17/h6-8,12,15H,2-5H2,1H3,(H,16,17). The van der Waals surface area contributed by atoms with Crippen LogP contribution in [-0.4, -0.2) is 22.1 Å². The molecule has 0 radical (unpaired) electrons. The highest BCUT2D eigenvalue weighted by atomic mass is 35.5. The fourth-order valence-corrected chi connectivity index (χ4v) is 1.84. The third kappa shape index (κ3) is 4.02. The molecule has 94 valence electrons. The molecular formula is C13H17ClO3. The number of carboxylic acids is 1. The quantitative estimate of drug-likeness (QED) is 0.769. The summed E-state index contributed by atoms with van der Waals surface area (Å²) in [6.07, 6.45) is 1.01. The van der Waals surface area contributed by atoms with Gasteiger partial charge < -0.3 is 10.2 Å². The van der Waals surface area contributed by atoms with Gasteiger partial charge in [-0.1, -0.05) is 25.1 Å². The monoisotopic (exact) mass is 256 g/mol. The minimum atomic E-state index is -1.45. The van der Waals surface area contributed by atoms with Crippen molar-refractivity contribution in [3.63, 3.8) is 0 Å². The van der Waals surface area contributed by atoms with Crippen LogP contribution in [0.4, 0.5) is 0 Å². The van der Waals surface area contributed by atoms with Crippen LogP contribution in [0, 0.1) is 0 Å². The Balaban J connectivity index is 3.00. The summed E-state index contributed by atoms with van der Waals surface area (Å²) in [7, 11) is 0. The highest BCUT2D eigenvalue weighted by Gasteiger charge is 2.16. The van der Waals surface area contributed by atoms with Crippen LogP contribution in [0.2, 0.25) is 0 Å². The number of hydrogen-bond donors (Lipinski definition) is 2. The summed E-state index contributed by atoms with van der Waals surface area (Å²) in [5.41, 5.74) is 2.51. The van der Waals surface area contributed by atoms with Crippen LogP contribution in [0.3, 0.4) is 0 Å². The van der Waals surface area contributed by atoms with Crippen molar-refractivity contribution in [2.45, 2.75) is 32.3 Å². The number of alkyl halides is 1. The number of aliphatic hydroxyl groups is 1. The minimum absolute atomic E-state index is 0.446. The maximum absolute atomic E-state index is 10.8. The van der Waals surface area contributed by atoms with E-state index in [1.165, 1.54) is 0 Å². The van der Waals surface area contributed by atoms with Gasteiger partial charge in [0.2, 0.25) is 0 Å². The van der Waals surface area contributed by atoms with Crippen molar-refractivity contribution in [3.05, 3.63) is 34.9 Å². The average molecular weight is 257 g/mol. The van der Waals surface area contributed by atoms with Gasteiger partial charge in [-0.2, -0.15) is 0 Å². The van der Waals surface area contributed by atoms with Crippen molar-refractivity contribution >= 4 is 17.6 Å². The molecule has 0 spiro atoms. The summed E-state index contributed by atoms with van der Waals surface area (Å²) < 4.78 is 0. The first-order valence-electron chi connectivity index (χ1n) is 5.68. The molecular weight excluding hydrogens is 240 g/mol. The van der Waals surface area contributed by atoms with E-state index in [2.05, 4.69) is 0 Å². The van der Waals surface area contributed by atoms with Crippen LogP contribution in [0.1, 0.15) is 36.1 Å². The number of halogens is 1. The lowest BCUT2D eigenvalue weighted by Crippen LogP contribution is -2.11. The van der Waals surface area contributed by atoms with Gasteiger partial charge in [0, 0.05) is 5.88 Å². The predicted molar refractivity (Wildman–Crippen MR) is 67.5 cm³/mol.